The SMILES string of the molecule is COc1ccc(-c2nc(C(=O)Nc3cc4oc(N5CCOCC5)nc4nc3N3CC[C@H](O)SC3)co2)cn1. The van der Waals surface area contributed by atoms with Crippen molar-refractivity contribution in [1.82, 2.24) is 19.9 Å². The van der Waals surface area contributed by atoms with Crippen LogP contribution in [0.1, 0.15) is 16.9 Å². The number of aliphatic hydroxyl groups is 1. The molecule has 38 heavy (non-hydrogen) atoms. The fourth-order valence-electron chi connectivity index (χ4n) is 4.15. The lowest BCUT2D eigenvalue weighted by Crippen LogP contribution is -2.36. The zero-order chi connectivity index (χ0) is 26.1. The summed E-state index contributed by atoms with van der Waals surface area (Å²) in [6.07, 6.45) is 3.41. The average Bonchev–Trinajstić information content (AvgIpc) is 3.61. The largest absolute Gasteiger partial charge is 0.481 e. The molecule has 2 aliphatic heterocycles. The molecule has 2 aliphatic rings. The summed E-state index contributed by atoms with van der Waals surface area (Å²) in [5.41, 5.74) is 1.59. The number of amides is 1. The van der Waals surface area contributed by atoms with Crippen LogP contribution in [0.3, 0.4) is 0 Å². The number of thioether (sulfide) groups is 1. The first-order valence-electron chi connectivity index (χ1n) is 12.0. The van der Waals surface area contributed by atoms with Gasteiger partial charge in [0.25, 0.3) is 11.9 Å². The molecule has 4 aromatic heterocycles. The third-order valence-electron chi connectivity index (χ3n) is 6.18. The van der Waals surface area contributed by atoms with Gasteiger partial charge in [-0.25, -0.2) is 15.0 Å². The second kappa shape index (κ2) is 10.5. The number of carbonyl (C=O) groups excluding carboxylic acids is 1. The van der Waals surface area contributed by atoms with Crippen LogP contribution in [0.15, 0.2) is 39.5 Å². The molecule has 198 valence electrons. The highest BCUT2D eigenvalue weighted by Crippen LogP contribution is 2.34. The molecule has 0 aromatic carbocycles. The van der Waals surface area contributed by atoms with Crippen molar-refractivity contribution < 1.29 is 28.2 Å². The number of nitrogens with one attached hydrogen (secondary N) is 1. The number of anilines is 3. The van der Waals surface area contributed by atoms with Crippen molar-refractivity contribution in [3.05, 3.63) is 36.4 Å². The summed E-state index contributed by atoms with van der Waals surface area (Å²) < 4.78 is 22.0. The van der Waals surface area contributed by atoms with Gasteiger partial charge in [0.1, 0.15) is 11.7 Å². The Morgan fingerprint density at radius 1 is 1.18 bits per heavy atom. The molecule has 0 bridgehead atoms. The van der Waals surface area contributed by atoms with E-state index in [0.717, 1.165) is 0 Å². The van der Waals surface area contributed by atoms with Crippen molar-refractivity contribution >= 4 is 46.4 Å². The Hall–Kier alpha value is -3.88. The minimum atomic E-state index is -0.471. The van der Waals surface area contributed by atoms with E-state index in [1.165, 1.54) is 25.1 Å². The second-order valence-corrected chi connectivity index (χ2v) is 9.80. The Bertz CT molecular complexity index is 1430. The van der Waals surface area contributed by atoms with Crippen molar-refractivity contribution in [3.8, 4) is 17.3 Å². The van der Waals surface area contributed by atoms with E-state index in [-0.39, 0.29) is 11.6 Å². The molecule has 2 fully saturated rings. The Morgan fingerprint density at radius 2 is 2.05 bits per heavy atom. The van der Waals surface area contributed by atoms with E-state index in [2.05, 4.69) is 20.3 Å². The number of nitrogens with zero attached hydrogens (tertiary/aromatic N) is 6. The topological polar surface area (TPSA) is 152 Å². The molecule has 2 N–H and O–H groups in total. The molecule has 4 aromatic rings. The Morgan fingerprint density at radius 3 is 2.79 bits per heavy atom. The molecule has 1 atom stereocenters. The number of pyridine rings is 2. The van der Waals surface area contributed by atoms with Gasteiger partial charge in [-0.3, -0.25) is 4.79 Å². The fourth-order valence-corrected chi connectivity index (χ4v) is 5.02. The molecule has 1 amide bonds. The van der Waals surface area contributed by atoms with Crippen LogP contribution in [0, 0.1) is 0 Å². The van der Waals surface area contributed by atoms with E-state index in [1.54, 1.807) is 24.4 Å². The second-order valence-electron chi connectivity index (χ2n) is 8.66. The predicted molar refractivity (Wildman–Crippen MR) is 140 cm³/mol. The van der Waals surface area contributed by atoms with Crippen LogP contribution in [-0.4, -0.2) is 82.2 Å². The molecule has 2 saturated heterocycles. The summed E-state index contributed by atoms with van der Waals surface area (Å²) in [6.45, 7) is 3.10. The Kier molecular flexibility index (Phi) is 6.74. The number of rotatable bonds is 6. The minimum Gasteiger partial charge on any atom is -0.481 e. The van der Waals surface area contributed by atoms with Crippen molar-refractivity contribution in [3.63, 3.8) is 0 Å². The maximum absolute atomic E-state index is 13.2. The number of oxazole rings is 2. The first-order valence-corrected chi connectivity index (χ1v) is 13.1. The van der Waals surface area contributed by atoms with Crippen molar-refractivity contribution in [2.24, 2.45) is 0 Å². The highest BCUT2D eigenvalue weighted by atomic mass is 32.2. The number of fused-ring (bicyclic) bond motifs is 1. The first kappa shape index (κ1) is 24.5. The lowest BCUT2D eigenvalue weighted by Gasteiger charge is -2.31. The first-order chi connectivity index (χ1) is 18.6. The summed E-state index contributed by atoms with van der Waals surface area (Å²) in [7, 11) is 1.53. The summed E-state index contributed by atoms with van der Waals surface area (Å²) in [5.74, 6) is 1.29. The summed E-state index contributed by atoms with van der Waals surface area (Å²) >= 11 is 1.40. The van der Waals surface area contributed by atoms with Crippen LogP contribution in [0.2, 0.25) is 0 Å². The van der Waals surface area contributed by atoms with Crippen molar-refractivity contribution in [2.45, 2.75) is 11.9 Å². The van der Waals surface area contributed by atoms with Crippen LogP contribution >= 0.6 is 11.8 Å². The van der Waals surface area contributed by atoms with Gasteiger partial charge in [-0.05, 0) is 6.07 Å². The number of carbonyl (C=O) groups is 1. The van der Waals surface area contributed by atoms with Gasteiger partial charge in [-0.2, -0.15) is 4.98 Å². The molecule has 0 spiro atoms. The van der Waals surface area contributed by atoms with Crippen LogP contribution in [0.4, 0.5) is 17.5 Å². The highest BCUT2D eigenvalue weighted by molar-refractivity contribution is 7.99. The number of hydrogen-bond acceptors (Lipinski definition) is 13. The molecule has 0 aliphatic carbocycles. The normalized spacial score (nSPS) is 18.1. The molecule has 0 unspecified atom stereocenters. The molecule has 0 radical (unpaired) electrons. The zero-order valence-corrected chi connectivity index (χ0v) is 21.3. The van der Waals surface area contributed by atoms with Gasteiger partial charge in [0.15, 0.2) is 17.1 Å². The molecular weight excluding hydrogens is 514 g/mol. The number of hydrogen-bond donors (Lipinski definition) is 2. The van der Waals surface area contributed by atoms with Crippen LogP contribution in [0.25, 0.3) is 22.7 Å². The van der Waals surface area contributed by atoms with E-state index < -0.39 is 11.3 Å². The van der Waals surface area contributed by atoms with E-state index in [0.29, 0.717) is 85.3 Å². The predicted octanol–water partition coefficient (Wildman–Crippen LogP) is 2.59. The number of aromatic nitrogens is 4. The van der Waals surface area contributed by atoms with Gasteiger partial charge < -0.3 is 38.5 Å². The number of methoxy groups -OCH3 is 1. The molecule has 6 rings (SSSR count). The molecule has 14 heteroatoms. The standard InChI is InChI=1S/C24H25N7O6S/c1-34-18-3-2-14(11-25-18)23-27-16(12-36-23)22(33)26-15-10-17-20(28-21(15)31-5-4-19(32)38-13-31)29-24(37-17)30-6-8-35-9-7-30/h2-3,10-12,19,32H,4-9,13H2,1H3,(H,26,33)/t19-/m1/s1. The lowest BCUT2D eigenvalue weighted by molar-refractivity contribution is 0.102. The monoisotopic (exact) mass is 539 g/mol. The van der Waals surface area contributed by atoms with Gasteiger partial charge in [0.2, 0.25) is 17.4 Å². The summed E-state index contributed by atoms with van der Waals surface area (Å²) in [5, 5.41) is 12.9. The Labute approximate surface area is 221 Å². The maximum Gasteiger partial charge on any atom is 0.300 e. The summed E-state index contributed by atoms with van der Waals surface area (Å²) in [4.78, 5) is 35.0. The third-order valence-corrected chi connectivity index (χ3v) is 7.26. The number of morpholine rings is 1. The fraction of sp³-hybridized carbons (Fsp3) is 0.375. The lowest BCUT2D eigenvalue weighted by atomic mass is 10.3. The van der Waals surface area contributed by atoms with Gasteiger partial charge in [-0.15, -0.1) is 11.8 Å². The van der Waals surface area contributed by atoms with Crippen LogP contribution in [-0.2, 0) is 4.74 Å². The summed E-state index contributed by atoms with van der Waals surface area (Å²) in [6, 6.07) is 5.61. The highest BCUT2D eigenvalue weighted by Gasteiger charge is 2.26. The van der Waals surface area contributed by atoms with Gasteiger partial charge >= 0.3 is 0 Å². The van der Waals surface area contributed by atoms with Crippen molar-refractivity contribution in [1.29, 1.82) is 0 Å². The zero-order valence-electron chi connectivity index (χ0n) is 20.5. The van der Waals surface area contributed by atoms with E-state index in [9.17, 15) is 9.90 Å². The number of ether oxygens (including phenoxy) is 2. The van der Waals surface area contributed by atoms with E-state index in [4.69, 9.17) is 23.3 Å². The van der Waals surface area contributed by atoms with Gasteiger partial charge in [0.05, 0.1) is 37.5 Å². The third kappa shape index (κ3) is 4.97. The van der Waals surface area contributed by atoms with Gasteiger partial charge in [0, 0.05) is 44.4 Å². The van der Waals surface area contributed by atoms with Crippen LogP contribution < -0.4 is 19.9 Å². The van der Waals surface area contributed by atoms with E-state index >= 15 is 0 Å². The Balaban J connectivity index is 1.29. The minimum absolute atomic E-state index is 0.0943. The van der Waals surface area contributed by atoms with Gasteiger partial charge in [-0.1, -0.05) is 0 Å². The quantitative estimate of drug-likeness (QED) is 0.369. The van der Waals surface area contributed by atoms with Crippen molar-refractivity contribution in [2.75, 3.05) is 61.0 Å². The molecule has 0 saturated carbocycles. The molecule has 6 heterocycles. The molecular formula is C24H25N7O6S. The smallest absolute Gasteiger partial charge is 0.300 e. The number of aliphatic hydroxyl groups excluding tert-OH is 1. The van der Waals surface area contributed by atoms with Crippen LogP contribution in [0.5, 0.6) is 5.88 Å². The average molecular weight is 540 g/mol. The molecule has 13 nitrogen and oxygen atoms in total. The maximum atomic E-state index is 13.2. The van der Waals surface area contributed by atoms with E-state index in [1.807, 2.05) is 9.80 Å².